The second-order valence-corrected chi connectivity index (χ2v) is 5.66. The van der Waals surface area contributed by atoms with E-state index < -0.39 is 12.0 Å². The zero-order valence-electron chi connectivity index (χ0n) is 12.3. The summed E-state index contributed by atoms with van der Waals surface area (Å²) in [5.74, 6) is 0.163. The number of nitrogens with one attached hydrogen (secondary N) is 1. The molecule has 0 saturated carbocycles. The van der Waals surface area contributed by atoms with Gasteiger partial charge in [0.25, 0.3) is 0 Å². The predicted molar refractivity (Wildman–Crippen MR) is 79.7 cm³/mol. The van der Waals surface area contributed by atoms with Gasteiger partial charge >= 0.3 is 12.0 Å². The summed E-state index contributed by atoms with van der Waals surface area (Å²) in [6.07, 6.45) is 3.36. The molecule has 0 fully saturated rings. The highest BCUT2D eigenvalue weighted by Crippen LogP contribution is 2.06. The lowest BCUT2D eigenvalue weighted by molar-refractivity contribution is -0.139. The first-order valence-corrected chi connectivity index (χ1v) is 8.12. The summed E-state index contributed by atoms with van der Waals surface area (Å²) in [5.41, 5.74) is 0. The van der Waals surface area contributed by atoms with E-state index in [1.807, 2.05) is 13.2 Å². The largest absolute Gasteiger partial charge is 0.480 e. The van der Waals surface area contributed by atoms with Gasteiger partial charge in [0.15, 0.2) is 0 Å². The molecule has 0 rings (SSSR count). The first-order chi connectivity index (χ1) is 8.96. The molecule has 0 saturated heterocycles. The molecule has 0 aliphatic rings. The van der Waals surface area contributed by atoms with Crippen LogP contribution in [-0.4, -0.2) is 53.1 Å². The maximum Gasteiger partial charge on any atom is 0.326 e. The number of carboxylic acids is 1. The van der Waals surface area contributed by atoms with E-state index in [1.165, 1.54) is 0 Å². The zero-order chi connectivity index (χ0) is 14.8. The Morgan fingerprint density at radius 1 is 1.37 bits per heavy atom. The highest BCUT2D eigenvalue weighted by atomic mass is 32.2. The predicted octanol–water partition coefficient (Wildman–Crippen LogP) is 2.27. The van der Waals surface area contributed by atoms with Crippen LogP contribution in [0, 0.1) is 5.92 Å². The lowest BCUT2D eigenvalue weighted by atomic mass is 10.1. The monoisotopic (exact) mass is 290 g/mol. The Kier molecular flexibility index (Phi) is 9.47. The molecular weight excluding hydrogens is 264 g/mol. The first-order valence-electron chi connectivity index (χ1n) is 6.73. The lowest BCUT2D eigenvalue weighted by Gasteiger charge is -2.26. The minimum absolute atomic E-state index is 0.281. The van der Waals surface area contributed by atoms with E-state index in [1.54, 1.807) is 16.7 Å². The van der Waals surface area contributed by atoms with E-state index in [9.17, 15) is 9.59 Å². The zero-order valence-corrected chi connectivity index (χ0v) is 13.1. The molecule has 112 valence electrons. The number of hydrogen-bond acceptors (Lipinski definition) is 3. The van der Waals surface area contributed by atoms with Crippen LogP contribution in [-0.2, 0) is 4.79 Å². The minimum Gasteiger partial charge on any atom is -0.480 e. The Balaban J connectivity index is 4.45. The summed E-state index contributed by atoms with van der Waals surface area (Å²) in [6, 6.07) is -1.08. The smallest absolute Gasteiger partial charge is 0.326 e. The van der Waals surface area contributed by atoms with Crippen LogP contribution in [0.2, 0.25) is 0 Å². The second-order valence-electron chi connectivity index (χ2n) is 4.67. The average Bonchev–Trinajstić information content (AvgIpc) is 2.39. The molecule has 0 radical (unpaired) electrons. The molecule has 5 nitrogen and oxygen atoms in total. The Bertz CT molecular complexity index is 287. The Hall–Kier alpha value is -0.910. The van der Waals surface area contributed by atoms with Crippen LogP contribution in [0.25, 0.3) is 0 Å². The van der Waals surface area contributed by atoms with Crippen molar-refractivity contribution >= 4 is 23.8 Å². The molecular formula is C13H26N2O3S. The number of carbonyl (C=O) groups excluding carboxylic acids is 1. The van der Waals surface area contributed by atoms with Crippen LogP contribution in [0.5, 0.6) is 0 Å². The average molecular weight is 290 g/mol. The highest BCUT2D eigenvalue weighted by Gasteiger charge is 2.22. The van der Waals surface area contributed by atoms with Gasteiger partial charge in [0, 0.05) is 13.1 Å². The maximum absolute atomic E-state index is 12.0. The molecule has 0 aromatic heterocycles. The van der Waals surface area contributed by atoms with Crippen molar-refractivity contribution in [2.24, 2.45) is 5.92 Å². The number of carboxylic acid groups (broad SMARTS) is 1. The summed E-state index contributed by atoms with van der Waals surface area (Å²) >= 11 is 1.57. The van der Waals surface area contributed by atoms with Crippen molar-refractivity contribution in [2.75, 3.05) is 25.1 Å². The van der Waals surface area contributed by atoms with E-state index in [0.717, 1.165) is 6.42 Å². The number of urea groups is 1. The fourth-order valence-electron chi connectivity index (χ4n) is 1.59. The van der Waals surface area contributed by atoms with E-state index in [4.69, 9.17) is 5.11 Å². The summed E-state index contributed by atoms with van der Waals surface area (Å²) < 4.78 is 0. The third kappa shape index (κ3) is 7.30. The standard InChI is InChI=1S/C13H26N2O3S/c1-5-10(3)9-15(6-2)13(18)14-11(12(16)17)7-8-19-4/h10-11H,5-9H2,1-4H3,(H,14,18)(H,16,17)/t10?,11-/m1/s1. The molecule has 1 unspecified atom stereocenters. The molecule has 2 N–H and O–H groups in total. The number of rotatable bonds is 9. The van der Waals surface area contributed by atoms with Gasteiger partial charge in [0.05, 0.1) is 0 Å². The number of carbonyl (C=O) groups is 2. The molecule has 0 aromatic carbocycles. The van der Waals surface area contributed by atoms with Gasteiger partial charge in [-0.2, -0.15) is 11.8 Å². The number of amides is 2. The maximum atomic E-state index is 12.0. The molecule has 6 heteroatoms. The molecule has 0 spiro atoms. The van der Waals surface area contributed by atoms with Gasteiger partial charge < -0.3 is 15.3 Å². The van der Waals surface area contributed by atoms with Crippen molar-refractivity contribution in [2.45, 2.75) is 39.7 Å². The van der Waals surface area contributed by atoms with Gasteiger partial charge in [-0.1, -0.05) is 20.3 Å². The van der Waals surface area contributed by atoms with Gasteiger partial charge in [-0.25, -0.2) is 9.59 Å². The normalized spacial score (nSPS) is 13.7. The van der Waals surface area contributed by atoms with Gasteiger partial charge in [0.2, 0.25) is 0 Å². The summed E-state index contributed by atoms with van der Waals surface area (Å²) in [5, 5.41) is 11.7. The van der Waals surface area contributed by atoms with Crippen molar-refractivity contribution < 1.29 is 14.7 Å². The lowest BCUT2D eigenvalue weighted by Crippen LogP contribution is -2.49. The number of thioether (sulfide) groups is 1. The molecule has 19 heavy (non-hydrogen) atoms. The molecule has 0 bridgehead atoms. The van der Waals surface area contributed by atoms with Crippen molar-refractivity contribution in [1.82, 2.24) is 10.2 Å². The molecule has 0 heterocycles. The van der Waals surface area contributed by atoms with Crippen molar-refractivity contribution in [3.63, 3.8) is 0 Å². The van der Waals surface area contributed by atoms with E-state index >= 15 is 0 Å². The van der Waals surface area contributed by atoms with Gasteiger partial charge in [-0.3, -0.25) is 0 Å². The van der Waals surface area contributed by atoms with E-state index in [2.05, 4.69) is 19.2 Å². The number of aliphatic carboxylic acids is 1. The van der Waals surface area contributed by atoms with Crippen LogP contribution in [0.3, 0.4) is 0 Å². The van der Waals surface area contributed by atoms with Crippen LogP contribution < -0.4 is 5.32 Å². The third-order valence-corrected chi connectivity index (χ3v) is 3.75. The summed E-state index contributed by atoms with van der Waals surface area (Å²) in [6.45, 7) is 7.31. The fourth-order valence-corrected chi connectivity index (χ4v) is 2.07. The minimum atomic E-state index is -0.970. The van der Waals surface area contributed by atoms with Gasteiger partial charge in [-0.05, 0) is 31.3 Å². The number of hydrogen-bond donors (Lipinski definition) is 2. The topological polar surface area (TPSA) is 69.6 Å². The van der Waals surface area contributed by atoms with Crippen molar-refractivity contribution in [3.05, 3.63) is 0 Å². The van der Waals surface area contributed by atoms with Crippen LogP contribution >= 0.6 is 11.8 Å². The Morgan fingerprint density at radius 3 is 2.42 bits per heavy atom. The van der Waals surface area contributed by atoms with E-state index in [-0.39, 0.29) is 6.03 Å². The fraction of sp³-hybridized carbons (Fsp3) is 0.846. The first kappa shape index (κ1) is 18.1. The van der Waals surface area contributed by atoms with Crippen LogP contribution in [0.4, 0.5) is 4.79 Å². The second kappa shape index (κ2) is 9.95. The quantitative estimate of drug-likeness (QED) is 0.683. The number of nitrogens with zero attached hydrogens (tertiary/aromatic N) is 1. The SMILES string of the molecule is CCC(C)CN(CC)C(=O)N[C@H](CCSC)C(=O)O. The van der Waals surface area contributed by atoms with Crippen LogP contribution in [0.15, 0.2) is 0 Å². The van der Waals surface area contributed by atoms with Gasteiger partial charge in [-0.15, -0.1) is 0 Å². The molecule has 0 aliphatic heterocycles. The molecule has 2 amide bonds. The highest BCUT2D eigenvalue weighted by molar-refractivity contribution is 7.98. The van der Waals surface area contributed by atoms with Crippen LogP contribution in [0.1, 0.15) is 33.6 Å². The summed E-state index contributed by atoms with van der Waals surface area (Å²) in [4.78, 5) is 24.8. The van der Waals surface area contributed by atoms with E-state index in [0.29, 0.717) is 31.2 Å². The van der Waals surface area contributed by atoms with Gasteiger partial charge in [0.1, 0.15) is 6.04 Å². The van der Waals surface area contributed by atoms with Crippen molar-refractivity contribution in [1.29, 1.82) is 0 Å². The molecule has 2 atom stereocenters. The van der Waals surface area contributed by atoms with Crippen molar-refractivity contribution in [3.8, 4) is 0 Å². The Morgan fingerprint density at radius 2 is 2.00 bits per heavy atom. The Labute approximate surface area is 120 Å². The molecule has 0 aliphatic carbocycles. The summed E-state index contributed by atoms with van der Waals surface area (Å²) in [7, 11) is 0. The third-order valence-electron chi connectivity index (χ3n) is 3.10. The molecule has 0 aromatic rings.